The Morgan fingerprint density at radius 2 is 2.11 bits per heavy atom. The average Bonchev–Trinajstić information content (AvgIpc) is 2.34. The van der Waals surface area contributed by atoms with Gasteiger partial charge in [0.1, 0.15) is 5.75 Å². The number of aromatic hydroxyl groups is 1. The summed E-state index contributed by atoms with van der Waals surface area (Å²) in [4.78, 5) is 0. The highest BCUT2D eigenvalue weighted by molar-refractivity contribution is 6.31. The van der Waals surface area contributed by atoms with Crippen molar-refractivity contribution in [2.75, 3.05) is 19.8 Å². The zero-order valence-electron chi connectivity index (χ0n) is 10.7. The van der Waals surface area contributed by atoms with Gasteiger partial charge in [0.15, 0.2) is 0 Å². The fourth-order valence-electron chi connectivity index (χ4n) is 2.25. The highest BCUT2D eigenvalue weighted by Crippen LogP contribution is 2.29. The van der Waals surface area contributed by atoms with Gasteiger partial charge in [0.2, 0.25) is 0 Å². The van der Waals surface area contributed by atoms with Crippen molar-refractivity contribution in [2.24, 2.45) is 5.41 Å². The minimum Gasteiger partial charge on any atom is -0.508 e. The minimum absolute atomic E-state index is 0.257. The van der Waals surface area contributed by atoms with E-state index in [2.05, 4.69) is 12.2 Å². The van der Waals surface area contributed by atoms with E-state index in [1.54, 1.807) is 18.2 Å². The summed E-state index contributed by atoms with van der Waals surface area (Å²) in [5.74, 6) is 0.257. The molecule has 3 nitrogen and oxygen atoms in total. The van der Waals surface area contributed by atoms with E-state index in [1.165, 1.54) is 0 Å². The molecule has 1 aliphatic rings. The number of benzene rings is 1. The molecular weight excluding hydrogens is 250 g/mol. The first kappa shape index (κ1) is 13.7. The highest BCUT2D eigenvalue weighted by Gasteiger charge is 2.26. The van der Waals surface area contributed by atoms with Gasteiger partial charge in [-0.05, 0) is 30.4 Å². The SMILES string of the molecule is CC1(CNCc2c(O)cccc2Cl)CCOCC1. The van der Waals surface area contributed by atoms with Crippen LogP contribution in [0.4, 0.5) is 0 Å². The number of ether oxygens (including phenoxy) is 1. The third kappa shape index (κ3) is 3.37. The Morgan fingerprint density at radius 3 is 2.78 bits per heavy atom. The predicted octanol–water partition coefficient (Wildman–Crippen LogP) is 2.95. The van der Waals surface area contributed by atoms with Gasteiger partial charge in [-0.1, -0.05) is 24.6 Å². The molecule has 1 saturated heterocycles. The second kappa shape index (κ2) is 5.91. The first-order valence-corrected chi connectivity index (χ1v) is 6.73. The van der Waals surface area contributed by atoms with Crippen molar-refractivity contribution < 1.29 is 9.84 Å². The molecule has 1 aromatic carbocycles. The lowest BCUT2D eigenvalue weighted by Gasteiger charge is -2.33. The highest BCUT2D eigenvalue weighted by atomic mass is 35.5. The maximum Gasteiger partial charge on any atom is 0.121 e. The molecule has 0 amide bonds. The maximum atomic E-state index is 9.75. The van der Waals surface area contributed by atoms with Crippen molar-refractivity contribution >= 4 is 11.6 Å². The molecule has 0 atom stereocenters. The molecule has 1 aliphatic heterocycles. The molecule has 100 valence electrons. The molecule has 0 saturated carbocycles. The van der Waals surface area contributed by atoms with Crippen LogP contribution in [0.5, 0.6) is 5.75 Å². The normalized spacial score (nSPS) is 18.8. The fourth-order valence-corrected chi connectivity index (χ4v) is 2.49. The van der Waals surface area contributed by atoms with Crippen LogP contribution in [0.15, 0.2) is 18.2 Å². The Hall–Kier alpha value is -0.770. The van der Waals surface area contributed by atoms with Crippen molar-refractivity contribution in [3.05, 3.63) is 28.8 Å². The first-order chi connectivity index (χ1) is 8.61. The van der Waals surface area contributed by atoms with Crippen molar-refractivity contribution in [1.29, 1.82) is 0 Å². The number of rotatable bonds is 4. The predicted molar refractivity (Wildman–Crippen MR) is 73.0 cm³/mol. The Bertz CT molecular complexity index is 383. The minimum atomic E-state index is 0.257. The Labute approximate surface area is 113 Å². The molecule has 0 spiro atoms. The van der Waals surface area contributed by atoms with Gasteiger partial charge >= 0.3 is 0 Å². The van der Waals surface area contributed by atoms with Crippen molar-refractivity contribution in [3.63, 3.8) is 0 Å². The Balaban J connectivity index is 1.88. The largest absolute Gasteiger partial charge is 0.508 e. The molecule has 1 fully saturated rings. The van der Waals surface area contributed by atoms with Gasteiger partial charge in [-0.25, -0.2) is 0 Å². The topological polar surface area (TPSA) is 41.5 Å². The molecule has 4 heteroatoms. The quantitative estimate of drug-likeness (QED) is 0.883. The molecule has 1 heterocycles. The lowest BCUT2D eigenvalue weighted by atomic mass is 9.82. The fraction of sp³-hybridized carbons (Fsp3) is 0.571. The summed E-state index contributed by atoms with van der Waals surface area (Å²) in [5, 5.41) is 13.8. The second-order valence-corrected chi connectivity index (χ2v) is 5.67. The van der Waals surface area contributed by atoms with Crippen LogP contribution in [0.3, 0.4) is 0 Å². The van der Waals surface area contributed by atoms with Crippen LogP contribution >= 0.6 is 11.6 Å². The lowest BCUT2D eigenvalue weighted by molar-refractivity contribution is 0.0240. The van der Waals surface area contributed by atoms with E-state index in [0.717, 1.165) is 38.2 Å². The van der Waals surface area contributed by atoms with Crippen LogP contribution in [0.1, 0.15) is 25.3 Å². The van der Waals surface area contributed by atoms with Gasteiger partial charge in [-0.3, -0.25) is 0 Å². The molecule has 2 N–H and O–H groups in total. The van der Waals surface area contributed by atoms with Crippen molar-refractivity contribution in [2.45, 2.75) is 26.3 Å². The number of nitrogens with one attached hydrogen (secondary N) is 1. The summed E-state index contributed by atoms with van der Waals surface area (Å²) in [7, 11) is 0. The van der Waals surface area contributed by atoms with Crippen LogP contribution in [0.2, 0.25) is 5.02 Å². The molecule has 0 radical (unpaired) electrons. The van der Waals surface area contributed by atoms with Crippen LogP contribution in [0.25, 0.3) is 0 Å². The summed E-state index contributed by atoms with van der Waals surface area (Å²) in [5.41, 5.74) is 1.06. The zero-order chi connectivity index (χ0) is 13.0. The molecule has 18 heavy (non-hydrogen) atoms. The molecule has 0 aromatic heterocycles. The van der Waals surface area contributed by atoms with Gasteiger partial charge in [-0.2, -0.15) is 0 Å². The molecule has 2 rings (SSSR count). The van der Waals surface area contributed by atoms with Gasteiger partial charge < -0.3 is 15.2 Å². The summed E-state index contributed by atoms with van der Waals surface area (Å²) in [6.45, 7) is 5.48. The van der Waals surface area contributed by atoms with Gasteiger partial charge in [0, 0.05) is 36.9 Å². The number of phenolic OH excluding ortho intramolecular Hbond substituents is 1. The molecule has 0 unspecified atom stereocenters. The van der Waals surface area contributed by atoms with Crippen LogP contribution in [-0.2, 0) is 11.3 Å². The van der Waals surface area contributed by atoms with Crippen molar-refractivity contribution in [1.82, 2.24) is 5.32 Å². The van der Waals surface area contributed by atoms with Gasteiger partial charge in [-0.15, -0.1) is 0 Å². The third-order valence-electron chi connectivity index (χ3n) is 3.65. The smallest absolute Gasteiger partial charge is 0.121 e. The number of hydrogen-bond donors (Lipinski definition) is 2. The molecular formula is C14H20ClNO2. The van der Waals surface area contributed by atoms with Gasteiger partial charge in [0.05, 0.1) is 0 Å². The molecule has 0 aliphatic carbocycles. The Morgan fingerprint density at radius 1 is 1.39 bits per heavy atom. The summed E-state index contributed by atoms with van der Waals surface area (Å²) in [6.07, 6.45) is 2.16. The zero-order valence-corrected chi connectivity index (χ0v) is 11.5. The van der Waals surface area contributed by atoms with E-state index < -0.39 is 0 Å². The third-order valence-corrected chi connectivity index (χ3v) is 4.00. The van der Waals surface area contributed by atoms with E-state index in [9.17, 15) is 5.11 Å². The lowest BCUT2D eigenvalue weighted by Crippen LogP contribution is -2.36. The summed E-state index contributed by atoms with van der Waals surface area (Å²) >= 11 is 6.07. The monoisotopic (exact) mass is 269 g/mol. The summed E-state index contributed by atoms with van der Waals surface area (Å²) in [6, 6.07) is 5.22. The number of phenols is 1. The van der Waals surface area contributed by atoms with E-state index in [1.807, 2.05) is 0 Å². The maximum absolute atomic E-state index is 9.75. The average molecular weight is 270 g/mol. The second-order valence-electron chi connectivity index (χ2n) is 5.26. The van der Waals surface area contributed by atoms with Crippen LogP contribution in [-0.4, -0.2) is 24.9 Å². The standard InChI is InChI=1S/C14H20ClNO2/c1-14(5-7-18-8-6-14)10-16-9-11-12(15)3-2-4-13(11)17/h2-4,16-17H,5-10H2,1H3. The molecule has 0 bridgehead atoms. The number of hydrogen-bond acceptors (Lipinski definition) is 3. The van der Waals surface area contributed by atoms with E-state index in [0.29, 0.717) is 11.6 Å². The summed E-state index contributed by atoms with van der Waals surface area (Å²) < 4.78 is 5.38. The number of halogens is 1. The van der Waals surface area contributed by atoms with E-state index >= 15 is 0 Å². The van der Waals surface area contributed by atoms with Crippen molar-refractivity contribution in [3.8, 4) is 5.75 Å². The van der Waals surface area contributed by atoms with Crippen LogP contribution in [0, 0.1) is 5.41 Å². The first-order valence-electron chi connectivity index (χ1n) is 6.36. The van der Waals surface area contributed by atoms with E-state index in [-0.39, 0.29) is 11.2 Å². The van der Waals surface area contributed by atoms with E-state index in [4.69, 9.17) is 16.3 Å². The van der Waals surface area contributed by atoms with Gasteiger partial charge in [0.25, 0.3) is 0 Å². The molecule has 1 aromatic rings. The van der Waals surface area contributed by atoms with Crippen LogP contribution < -0.4 is 5.32 Å². The Kier molecular flexibility index (Phi) is 4.49.